The van der Waals surface area contributed by atoms with Crippen LogP contribution >= 0.6 is 0 Å². The molecule has 3 aliphatic rings. The van der Waals surface area contributed by atoms with Gasteiger partial charge in [-0.15, -0.1) is 0 Å². The van der Waals surface area contributed by atoms with Crippen molar-refractivity contribution in [3.8, 4) is 22.3 Å². The Hall–Kier alpha value is -5.72. The van der Waals surface area contributed by atoms with Crippen LogP contribution in [0.5, 0.6) is 0 Å². The molecular weight excluding hydrogens is 601 g/mol. The first kappa shape index (κ1) is 31.5. The van der Waals surface area contributed by atoms with Crippen LogP contribution in [0.25, 0.3) is 76.5 Å². The average molecular weight is 643 g/mol. The van der Waals surface area contributed by atoms with Crippen molar-refractivity contribution < 1.29 is 0 Å². The molecule has 3 aliphatic carbocycles. The first-order valence-electron chi connectivity index (χ1n) is 17.9. The van der Waals surface area contributed by atoms with Gasteiger partial charge in [0.2, 0.25) is 0 Å². The molecule has 0 nitrogen and oxygen atoms in total. The maximum Gasteiger partial charge on any atom is -0.00139 e. The lowest BCUT2D eigenvalue weighted by atomic mass is 9.86. The van der Waals surface area contributed by atoms with Crippen LogP contribution in [0.2, 0.25) is 0 Å². The Bertz CT molecular complexity index is 2630. The Morgan fingerprint density at radius 2 is 1.06 bits per heavy atom. The molecule has 0 spiro atoms. The Kier molecular flexibility index (Phi) is 7.39. The molecule has 0 bridgehead atoms. The molecule has 0 N–H and O–H groups in total. The van der Waals surface area contributed by atoms with Crippen molar-refractivity contribution in [3.05, 3.63) is 180 Å². The molecule has 0 atom stereocenters. The lowest BCUT2D eigenvalue weighted by Gasteiger charge is -2.16. The van der Waals surface area contributed by atoms with Crippen molar-refractivity contribution in [2.24, 2.45) is 0 Å². The summed E-state index contributed by atoms with van der Waals surface area (Å²) in [5.74, 6) is 0. The van der Waals surface area contributed by atoms with E-state index < -0.39 is 0 Å². The third-order valence-electron chi connectivity index (χ3n) is 11.1. The fraction of sp³-hybridized carbons (Fsp3) is 0.120. The van der Waals surface area contributed by atoms with Crippen molar-refractivity contribution in [3.63, 3.8) is 0 Å². The van der Waals surface area contributed by atoms with Crippen LogP contribution in [0.4, 0.5) is 0 Å². The summed E-state index contributed by atoms with van der Waals surface area (Å²) in [5, 5.41) is 10.7. The van der Waals surface area contributed by atoms with Crippen LogP contribution < -0.4 is 0 Å². The van der Waals surface area contributed by atoms with Crippen LogP contribution in [-0.2, 0) is 0 Å². The highest BCUT2D eigenvalue weighted by molar-refractivity contribution is 6.40. The van der Waals surface area contributed by atoms with Gasteiger partial charge in [0.05, 0.1) is 0 Å². The van der Waals surface area contributed by atoms with Gasteiger partial charge in [-0.3, -0.25) is 0 Å². The van der Waals surface area contributed by atoms with Crippen molar-refractivity contribution in [2.75, 3.05) is 0 Å². The van der Waals surface area contributed by atoms with Gasteiger partial charge in [0.25, 0.3) is 0 Å². The van der Waals surface area contributed by atoms with Crippen LogP contribution in [-0.4, -0.2) is 0 Å². The molecule has 0 saturated heterocycles. The topological polar surface area (TPSA) is 0 Å². The van der Waals surface area contributed by atoms with Gasteiger partial charge in [-0.1, -0.05) is 156 Å². The van der Waals surface area contributed by atoms with Crippen molar-refractivity contribution >= 4 is 54.2 Å². The van der Waals surface area contributed by atoms with Gasteiger partial charge < -0.3 is 0 Å². The second-order valence-electron chi connectivity index (χ2n) is 13.4. The molecule has 0 aromatic heterocycles. The molecule has 0 saturated carbocycles. The third-order valence-corrected chi connectivity index (χ3v) is 11.1. The van der Waals surface area contributed by atoms with Gasteiger partial charge in [-0.05, 0) is 141 Å². The van der Waals surface area contributed by atoms with E-state index in [1.807, 2.05) is 26.0 Å². The summed E-state index contributed by atoms with van der Waals surface area (Å²) in [4.78, 5) is 0. The summed E-state index contributed by atoms with van der Waals surface area (Å²) in [5.41, 5.74) is 18.1. The van der Waals surface area contributed by atoms with Crippen molar-refractivity contribution in [1.82, 2.24) is 0 Å². The van der Waals surface area contributed by atoms with Gasteiger partial charge in [-0.25, -0.2) is 0 Å². The summed E-state index contributed by atoms with van der Waals surface area (Å²) in [6, 6.07) is 27.5. The van der Waals surface area contributed by atoms with Crippen LogP contribution in [0.3, 0.4) is 0 Å². The first-order chi connectivity index (χ1) is 24.4. The zero-order chi connectivity index (χ0) is 35.0. The molecular formula is C50H42. The van der Waals surface area contributed by atoms with Crippen LogP contribution in [0, 0.1) is 0 Å². The normalized spacial score (nSPS) is 16.1. The van der Waals surface area contributed by atoms with Gasteiger partial charge in [0, 0.05) is 0 Å². The molecule has 50 heavy (non-hydrogen) atoms. The summed E-state index contributed by atoms with van der Waals surface area (Å²) < 4.78 is 0. The van der Waals surface area contributed by atoms with Gasteiger partial charge in [0.1, 0.15) is 0 Å². The minimum absolute atomic E-state index is 0.991. The molecule has 0 heteroatoms. The zero-order valence-corrected chi connectivity index (χ0v) is 29.9. The Labute approximate surface area is 296 Å². The quantitative estimate of drug-likeness (QED) is 0.125. The zero-order valence-electron chi connectivity index (χ0n) is 29.9. The predicted octanol–water partition coefficient (Wildman–Crippen LogP) is 14.7. The SMILES string of the molecule is C=CC1=C(C=C)C(/C=C(\C)CC)=C(C(/C)=C/C=C2\C(=C)c3ccc4c5ccc6c7c(ccc(c8ccc2c3c48)c75)-c2ccccc2-6)C1=C.CC. The highest BCUT2D eigenvalue weighted by Gasteiger charge is 2.29. The average Bonchev–Trinajstić information content (AvgIpc) is 3.73. The predicted molar refractivity (Wildman–Crippen MR) is 222 cm³/mol. The van der Waals surface area contributed by atoms with E-state index in [0.717, 1.165) is 39.9 Å². The minimum Gasteiger partial charge on any atom is -0.0984 e. The fourth-order valence-electron chi connectivity index (χ4n) is 8.70. The molecule has 242 valence electrons. The molecule has 6 aromatic carbocycles. The third kappa shape index (κ3) is 4.12. The molecule has 0 heterocycles. The van der Waals surface area contributed by atoms with Crippen molar-refractivity contribution in [1.29, 1.82) is 0 Å². The standard InChI is InChI=1S/C48H36.C2H6/c1-8-26(4)25-43-31(10-3)30(9-2)29(7)44(43)27(5)15-16-32-28(6)33-17-18-39-41-23-20-37-34-13-11-12-14-35(34)38-21-24-42(48(41)46(37)38)40-22-19-36(32)45(33)47(39)40;1-2/h9-25H,2-3,6-8H2,1,4-5H3;1-2H3/b26-25+,27-15+,32-16+;. The summed E-state index contributed by atoms with van der Waals surface area (Å²) in [7, 11) is 0. The van der Waals surface area contributed by atoms with E-state index in [1.165, 1.54) is 93.2 Å². The molecule has 9 rings (SSSR count). The molecule has 6 aromatic rings. The van der Waals surface area contributed by atoms with Crippen LogP contribution in [0.1, 0.15) is 52.2 Å². The fourth-order valence-corrected chi connectivity index (χ4v) is 8.70. The molecule has 0 unspecified atom stereocenters. The van der Waals surface area contributed by atoms with E-state index in [4.69, 9.17) is 0 Å². The molecule has 0 aliphatic heterocycles. The second-order valence-corrected chi connectivity index (χ2v) is 13.4. The summed E-state index contributed by atoms with van der Waals surface area (Å²) in [6.07, 6.45) is 11.6. The maximum atomic E-state index is 4.65. The first-order valence-corrected chi connectivity index (χ1v) is 17.9. The Morgan fingerprint density at radius 3 is 1.58 bits per heavy atom. The Morgan fingerprint density at radius 1 is 0.560 bits per heavy atom. The van der Waals surface area contributed by atoms with E-state index >= 15 is 0 Å². The van der Waals surface area contributed by atoms with Gasteiger partial charge in [-0.2, -0.15) is 0 Å². The lowest BCUT2D eigenvalue weighted by molar-refractivity contribution is 1.09. The largest absolute Gasteiger partial charge is 0.0984 e. The van der Waals surface area contributed by atoms with Crippen molar-refractivity contribution in [2.45, 2.75) is 41.0 Å². The molecule has 0 amide bonds. The smallest absolute Gasteiger partial charge is 0.00139 e. The number of hydrogen-bond donors (Lipinski definition) is 0. The molecule has 0 radical (unpaired) electrons. The second kappa shape index (κ2) is 11.7. The minimum atomic E-state index is 0.991. The van der Waals surface area contributed by atoms with E-state index in [1.54, 1.807) is 0 Å². The number of fused-ring (bicyclic) bond motifs is 5. The van der Waals surface area contributed by atoms with E-state index in [2.05, 4.69) is 138 Å². The molecule has 0 fully saturated rings. The highest BCUT2D eigenvalue weighted by Crippen LogP contribution is 2.54. The van der Waals surface area contributed by atoms with E-state index in [9.17, 15) is 0 Å². The van der Waals surface area contributed by atoms with E-state index in [0.29, 0.717) is 0 Å². The van der Waals surface area contributed by atoms with Gasteiger partial charge in [0.15, 0.2) is 0 Å². The summed E-state index contributed by atoms with van der Waals surface area (Å²) in [6.45, 7) is 27.9. The monoisotopic (exact) mass is 642 g/mol. The Balaban J connectivity index is 0.00000177. The van der Waals surface area contributed by atoms with Gasteiger partial charge >= 0.3 is 0 Å². The number of hydrogen-bond acceptors (Lipinski definition) is 0. The summed E-state index contributed by atoms with van der Waals surface area (Å²) >= 11 is 0. The number of rotatable bonds is 6. The highest BCUT2D eigenvalue weighted by atomic mass is 14.3. The van der Waals surface area contributed by atoms with E-state index in [-0.39, 0.29) is 0 Å². The number of allylic oxidation sites excluding steroid dienone is 14. The lowest BCUT2D eigenvalue weighted by Crippen LogP contribution is -1.91. The number of benzene rings is 6. The maximum absolute atomic E-state index is 4.65. The van der Waals surface area contributed by atoms with Crippen LogP contribution in [0.15, 0.2) is 169 Å².